The molecule has 6 nitrogen and oxygen atoms in total. The molecule has 2 aromatic rings. The van der Waals surface area contributed by atoms with E-state index >= 15 is 0 Å². The summed E-state index contributed by atoms with van der Waals surface area (Å²) < 4.78 is 13.5. The summed E-state index contributed by atoms with van der Waals surface area (Å²) in [6.07, 6.45) is 6.53. The molecule has 2 aliphatic rings. The van der Waals surface area contributed by atoms with Gasteiger partial charge in [0.15, 0.2) is 5.11 Å². The van der Waals surface area contributed by atoms with E-state index in [1.807, 2.05) is 18.3 Å². The molecule has 2 saturated heterocycles. The van der Waals surface area contributed by atoms with Gasteiger partial charge in [0, 0.05) is 44.9 Å². The van der Waals surface area contributed by atoms with Crippen molar-refractivity contribution in [2.45, 2.75) is 37.6 Å². The van der Waals surface area contributed by atoms with Crippen molar-refractivity contribution in [2.75, 3.05) is 26.9 Å². The molecule has 4 rings (SSSR count). The van der Waals surface area contributed by atoms with Gasteiger partial charge in [0.2, 0.25) is 0 Å². The zero-order valence-corrected chi connectivity index (χ0v) is 16.4. The number of methoxy groups -OCH3 is 1. The fourth-order valence-electron chi connectivity index (χ4n) is 4.03. The van der Waals surface area contributed by atoms with Crippen LogP contribution < -0.4 is 5.32 Å². The number of nitrogens with zero attached hydrogens (tertiary/aromatic N) is 3. The molecule has 2 fully saturated rings. The highest BCUT2D eigenvalue weighted by atomic mass is 32.1. The van der Waals surface area contributed by atoms with Crippen molar-refractivity contribution in [1.82, 2.24) is 19.8 Å². The Bertz CT molecular complexity index is 760. The highest BCUT2D eigenvalue weighted by Crippen LogP contribution is 2.38. The molecule has 3 unspecified atom stereocenters. The second kappa shape index (κ2) is 8.37. The van der Waals surface area contributed by atoms with E-state index in [1.165, 1.54) is 5.69 Å². The van der Waals surface area contributed by atoms with E-state index in [1.54, 1.807) is 7.11 Å². The molecule has 1 N–H and O–H groups in total. The SMILES string of the molecule is COCCN1C(=S)NC(c2ccccn2)C1c1cccn1CC1CCCO1. The zero-order chi connectivity index (χ0) is 18.6. The van der Waals surface area contributed by atoms with Crippen LogP contribution >= 0.6 is 12.2 Å². The van der Waals surface area contributed by atoms with Crippen molar-refractivity contribution in [3.63, 3.8) is 0 Å². The van der Waals surface area contributed by atoms with Gasteiger partial charge in [-0.05, 0) is 49.3 Å². The molecule has 4 heterocycles. The topological polar surface area (TPSA) is 51.5 Å². The molecular weight excluding hydrogens is 360 g/mol. The van der Waals surface area contributed by atoms with Crippen LogP contribution in [0.25, 0.3) is 0 Å². The van der Waals surface area contributed by atoms with E-state index in [0.29, 0.717) is 6.61 Å². The van der Waals surface area contributed by atoms with E-state index in [4.69, 9.17) is 21.7 Å². The van der Waals surface area contributed by atoms with Crippen molar-refractivity contribution >= 4 is 17.3 Å². The van der Waals surface area contributed by atoms with Crippen molar-refractivity contribution in [2.24, 2.45) is 0 Å². The lowest BCUT2D eigenvalue weighted by molar-refractivity contribution is 0.0949. The van der Waals surface area contributed by atoms with Gasteiger partial charge < -0.3 is 24.3 Å². The Kier molecular flexibility index (Phi) is 5.71. The van der Waals surface area contributed by atoms with Crippen LogP contribution in [0.3, 0.4) is 0 Å². The predicted molar refractivity (Wildman–Crippen MR) is 107 cm³/mol. The van der Waals surface area contributed by atoms with Crippen LogP contribution in [-0.2, 0) is 16.0 Å². The second-order valence-electron chi connectivity index (χ2n) is 7.03. The van der Waals surface area contributed by atoms with Crippen molar-refractivity contribution in [3.05, 3.63) is 54.1 Å². The zero-order valence-electron chi connectivity index (χ0n) is 15.6. The number of rotatable bonds is 7. The van der Waals surface area contributed by atoms with Gasteiger partial charge in [0.25, 0.3) is 0 Å². The summed E-state index contributed by atoms with van der Waals surface area (Å²) in [5, 5.41) is 4.23. The summed E-state index contributed by atoms with van der Waals surface area (Å²) in [5.74, 6) is 0. The van der Waals surface area contributed by atoms with Crippen molar-refractivity contribution in [1.29, 1.82) is 0 Å². The van der Waals surface area contributed by atoms with Crippen LogP contribution in [0.1, 0.15) is 36.3 Å². The molecular formula is C20H26N4O2S. The van der Waals surface area contributed by atoms with Crippen LogP contribution in [-0.4, -0.2) is 52.5 Å². The first kappa shape index (κ1) is 18.4. The first-order chi connectivity index (χ1) is 13.3. The largest absolute Gasteiger partial charge is 0.383 e. The van der Waals surface area contributed by atoms with Gasteiger partial charge in [0.05, 0.1) is 30.5 Å². The Morgan fingerprint density at radius 2 is 2.26 bits per heavy atom. The number of ether oxygens (including phenoxy) is 2. The lowest BCUT2D eigenvalue weighted by atomic mass is 10.0. The van der Waals surface area contributed by atoms with Gasteiger partial charge in [-0.25, -0.2) is 0 Å². The molecule has 3 atom stereocenters. The molecule has 0 bridgehead atoms. The Labute approximate surface area is 165 Å². The Morgan fingerprint density at radius 3 is 3.00 bits per heavy atom. The van der Waals surface area contributed by atoms with Crippen LogP contribution in [0, 0.1) is 0 Å². The number of aromatic nitrogens is 2. The fourth-order valence-corrected chi connectivity index (χ4v) is 4.36. The summed E-state index contributed by atoms with van der Waals surface area (Å²) in [5.41, 5.74) is 2.22. The van der Waals surface area contributed by atoms with Gasteiger partial charge in [-0.15, -0.1) is 0 Å². The third-order valence-corrected chi connectivity index (χ3v) is 5.68. The van der Waals surface area contributed by atoms with Crippen molar-refractivity contribution < 1.29 is 9.47 Å². The quantitative estimate of drug-likeness (QED) is 0.739. The average Bonchev–Trinajstić information content (AvgIpc) is 3.42. The van der Waals surface area contributed by atoms with E-state index in [9.17, 15) is 0 Å². The standard InChI is InChI=1S/C20H26N4O2S/c1-25-13-11-24-19(18(22-20(24)27)16-7-2-3-9-21-16)17-8-4-10-23(17)14-15-6-5-12-26-15/h2-4,7-10,15,18-19H,5-6,11-14H2,1H3,(H,22,27). The highest BCUT2D eigenvalue weighted by Gasteiger charge is 2.41. The number of hydrogen-bond acceptors (Lipinski definition) is 4. The molecule has 0 radical (unpaired) electrons. The molecule has 0 aliphatic carbocycles. The number of nitrogens with one attached hydrogen (secondary N) is 1. The van der Waals surface area contributed by atoms with Gasteiger partial charge in [-0.3, -0.25) is 4.98 Å². The summed E-state index contributed by atoms with van der Waals surface area (Å²) >= 11 is 5.67. The predicted octanol–water partition coefficient (Wildman–Crippen LogP) is 2.68. The normalized spacial score (nSPS) is 25.1. The van der Waals surface area contributed by atoms with E-state index < -0.39 is 0 Å². The summed E-state index contributed by atoms with van der Waals surface area (Å²) in [6.45, 7) is 3.10. The van der Waals surface area contributed by atoms with Crippen LogP contribution in [0.2, 0.25) is 0 Å². The molecule has 0 aromatic carbocycles. The highest BCUT2D eigenvalue weighted by molar-refractivity contribution is 7.80. The Hall–Kier alpha value is -1.96. The third kappa shape index (κ3) is 3.85. The van der Waals surface area contributed by atoms with Crippen molar-refractivity contribution in [3.8, 4) is 0 Å². The molecule has 0 saturated carbocycles. The molecule has 27 heavy (non-hydrogen) atoms. The smallest absolute Gasteiger partial charge is 0.170 e. The maximum absolute atomic E-state index is 5.86. The minimum Gasteiger partial charge on any atom is -0.383 e. The number of hydrogen-bond donors (Lipinski definition) is 1. The molecule has 0 amide bonds. The number of pyridine rings is 1. The van der Waals surface area contributed by atoms with E-state index in [0.717, 1.165) is 43.3 Å². The lowest BCUT2D eigenvalue weighted by Gasteiger charge is -2.29. The van der Waals surface area contributed by atoms with Crippen LogP contribution in [0.4, 0.5) is 0 Å². The van der Waals surface area contributed by atoms with E-state index in [2.05, 4.69) is 44.2 Å². The van der Waals surface area contributed by atoms with Gasteiger partial charge >= 0.3 is 0 Å². The molecule has 0 spiro atoms. The first-order valence-electron chi connectivity index (χ1n) is 9.51. The van der Waals surface area contributed by atoms with Gasteiger partial charge in [-0.1, -0.05) is 6.07 Å². The molecule has 2 aliphatic heterocycles. The van der Waals surface area contributed by atoms with E-state index in [-0.39, 0.29) is 18.2 Å². The minimum absolute atomic E-state index is 0.00806. The Morgan fingerprint density at radius 1 is 1.33 bits per heavy atom. The molecule has 2 aromatic heterocycles. The maximum atomic E-state index is 5.86. The van der Waals surface area contributed by atoms with Gasteiger partial charge in [0.1, 0.15) is 0 Å². The first-order valence-corrected chi connectivity index (χ1v) is 9.92. The Balaban J connectivity index is 1.66. The monoisotopic (exact) mass is 386 g/mol. The lowest BCUT2D eigenvalue weighted by Crippen LogP contribution is -2.33. The summed E-state index contributed by atoms with van der Waals surface area (Å²) in [6, 6.07) is 10.4. The number of thiocarbonyl (C=S) groups is 1. The summed E-state index contributed by atoms with van der Waals surface area (Å²) in [7, 11) is 1.72. The fraction of sp³-hybridized carbons (Fsp3) is 0.500. The van der Waals surface area contributed by atoms with Gasteiger partial charge in [-0.2, -0.15) is 0 Å². The third-order valence-electron chi connectivity index (χ3n) is 5.33. The van der Waals surface area contributed by atoms with Crippen LogP contribution in [0.5, 0.6) is 0 Å². The maximum Gasteiger partial charge on any atom is 0.170 e. The minimum atomic E-state index is 0.00806. The molecule has 144 valence electrons. The molecule has 7 heteroatoms. The van der Waals surface area contributed by atoms with Crippen LogP contribution in [0.15, 0.2) is 42.7 Å². The average molecular weight is 387 g/mol. The summed E-state index contributed by atoms with van der Waals surface area (Å²) in [4.78, 5) is 6.81. The second-order valence-corrected chi connectivity index (χ2v) is 7.42.